The van der Waals surface area contributed by atoms with Crippen molar-refractivity contribution in [2.75, 3.05) is 32.1 Å². The molecule has 0 fully saturated rings. The summed E-state index contributed by atoms with van der Waals surface area (Å²) in [5, 5.41) is 21.3. The Morgan fingerprint density at radius 1 is 1.04 bits per heavy atom. The molecule has 258 valence electrons. The summed E-state index contributed by atoms with van der Waals surface area (Å²) in [7, 11) is 1.52. The predicted octanol–water partition coefficient (Wildman–Crippen LogP) is 4.19. The predicted molar refractivity (Wildman–Crippen MR) is 176 cm³/mol. The minimum atomic E-state index is -0.628. The fraction of sp³-hybridized carbons (Fsp3) is 0.594. The average molecular weight is 714 g/mol. The molecule has 0 radical (unpaired) electrons. The largest absolute Gasteiger partial charge is 0.506 e. The van der Waals surface area contributed by atoms with Crippen molar-refractivity contribution in [3.05, 3.63) is 34.3 Å². The second-order valence-corrected chi connectivity index (χ2v) is 13.5. The fourth-order valence-corrected chi connectivity index (χ4v) is 4.15. The Bertz CT molecular complexity index is 1220. The van der Waals surface area contributed by atoms with E-state index in [-0.39, 0.29) is 52.4 Å². The van der Waals surface area contributed by atoms with E-state index in [1.165, 1.54) is 13.2 Å². The standard InChI is InChI=1S/C31H49BrN4O7.CO2/c1-20(30(2,3)4)16-22(35-29(41)43-31(5,6)7)17-21-11-12-25(37)24(18-21)36-26(38)10-9-13-33-27(39)19-23(32)28(40)34-14-15-42-8;2-1-3/h11-12,18-20,22,37H,9-10,13-17H2,1-8H3,(H,33,39)(H,34,40)(H,35,41)(H,36,38);/b23-19+;/t20?,22-;/m1./s1. The van der Waals surface area contributed by atoms with Crippen molar-refractivity contribution in [3.8, 4) is 5.75 Å². The molecule has 5 N–H and O–H groups in total. The number of benzene rings is 1. The molecule has 1 rings (SSSR count). The van der Waals surface area contributed by atoms with Crippen LogP contribution in [0.1, 0.15) is 73.3 Å². The maximum atomic E-state index is 12.6. The number of halogens is 1. The Kier molecular flexibility index (Phi) is 19.4. The number of carbonyl (C=O) groups is 4. The van der Waals surface area contributed by atoms with E-state index in [2.05, 4.69) is 64.9 Å². The average Bonchev–Trinajstić information content (AvgIpc) is 2.91. The van der Waals surface area contributed by atoms with Crippen LogP contribution in [0.4, 0.5) is 10.5 Å². The van der Waals surface area contributed by atoms with Crippen molar-refractivity contribution in [1.82, 2.24) is 16.0 Å². The Hall–Kier alpha value is -3.74. The van der Waals surface area contributed by atoms with Gasteiger partial charge in [-0.25, -0.2) is 4.79 Å². The number of hydrogen-bond donors (Lipinski definition) is 5. The van der Waals surface area contributed by atoms with Crippen LogP contribution in [0.3, 0.4) is 0 Å². The molecule has 2 atom stereocenters. The van der Waals surface area contributed by atoms with Gasteiger partial charge in [-0.15, -0.1) is 0 Å². The van der Waals surface area contributed by atoms with Crippen molar-refractivity contribution < 1.29 is 43.3 Å². The number of hydrogen-bond acceptors (Lipinski definition) is 9. The summed E-state index contributed by atoms with van der Waals surface area (Å²) in [6, 6.07) is 4.74. The van der Waals surface area contributed by atoms with Crippen molar-refractivity contribution in [3.63, 3.8) is 0 Å². The molecular weight excluding hydrogens is 664 g/mol. The number of phenols is 1. The minimum Gasteiger partial charge on any atom is -0.506 e. The number of ether oxygens (including phenoxy) is 2. The van der Waals surface area contributed by atoms with Crippen LogP contribution in [0, 0.1) is 11.3 Å². The summed E-state index contributed by atoms with van der Waals surface area (Å²) in [6.45, 7) is 14.9. The van der Waals surface area contributed by atoms with Gasteiger partial charge in [0.05, 0.1) is 16.8 Å². The minimum absolute atomic E-state index is 0.0346. The molecule has 0 saturated carbocycles. The number of aromatic hydroxyl groups is 1. The molecule has 13 nitrogen and oxygen atoms in total. The first-order valence-corrected chi connectivity index (χ1v) is 15.6. The number of alkyl carbamates (subject to hydrolysis) is 1. The van der Waals surface area contributed by atoms with Crippen molar-refractivity contribution >= 4 is 51.6 Å². The number of carbonyl (C=O) groups excluding carboxylic acids is 6. The van der Waals surface area contributed by atoms with Gasteiger partial charge in [-0.3, -0.25) is 14.4 Å². The first-order valence-electron chi connectivity index (χ1n) is 14.9. The van der Waals surface area contributed by atoms with E-state index in [1.807, 2.05) is 20.8 Å². The zero-order valence-electron chi connectivity index (χ0n) is 28.0. The summed E-state index contributed by atoms with van der Waals surface area (Å²) in [6.07, 6.45) is 2.50. The topological polar surface area (TPSA) is 189 Å². The molecule has 46 heavy (non-hydrogen) atoms. The van der Waals surface area contributed by atoms with Crippen LogP contribution in [0.2, 0.25) is 0 Å². The van der Waals surface area contributed by atoms with Crippen LogP contribution in [0.5, 0.6) is 5.75 Å². The summed E-state index contributed by atoms with van der Waals surface area (Å²) in [4.78, 5) is 65.3. The number of methoxy groups -OCH3 is 1. The molecule has 0 bridgehead atoms. The van der Waals surface area contributed by atoms with E-state index < -0.39 is 23.5 Å². The first-order chi connectivity index (χ1) is 21.3. The monoisotopic (exact) mass is 712 g/mol. The molecule has 4 amide bonds. The van der Waals surface area contributed by atoms with Crippen molar-refractivity contribution in [2.45, 2.75) is 85.8 Å². The van der Waals surface area contributed by atoms with Gasteiger partial charge in [0.25, 0.3) is 5.91 Å². The van der Waals surface area contributed by atoms with Crippen LogP contribution >= 0.6 is 15.9 Å². The zero-order chi connectivity index (χ0) is 35.5. The fourth-order valence-electron chi connectivity index (χ4n) is 3.80. The Labute approximate surface area is 279 Å². The van der Waals surface area contributed by atoms with Crippen molar-refractivity contribution in [1.29, 1.82) is 0 Å². The van der Waals surface area contributed by atoms with Crippen LogP contribution in [0.15, 0.2) is 28.8 Å². The first kappa shape index (κ1) is 42.3. The number of rotatable bonds is 15. The quantitative estimate of drug-likeness (QED) is 0.101. The second-order valence-electron chi connectivity index (χ2n) is 12.7. The van der Waals surface area contributed by atoms with E-state index in [9.17, 15) is 24.3 Å². The number of anilines is 1. The van der Waals surface area contributed by atoms with Gasteiger partial charge in [0.2, 0.25) is 11.8 Å². The molecule has 0 aliphatic carbocycles. The Balaban J connectivity index is 0.00000647. The molecule has 0 saturated heterocycles. The maximum absolute atomic E-state index is 12.6. The lowest BCUT2D eigenvalue weighted by molar-refractivity contribution is -0.191. The molecule has 14 heteroatoms. The number of nitrogens with one attached hydrogen (secondary N) is 4. The highest BCUT2D eigenvalue weighted by Gasteiger charge is 2.26. The van der Waals surface area contributed by atoms with Gasteiger partial charge in [0.1, 0.15) is 11.4 Å². The van der Waals surface area contributed by atoms with E-state index in [1.54, 1.807) is 12.1 Å². The summed E-state index contributed by atoms with van der Waals surface area (Å²) < 4.78 is 10.4. The van der Waals surface area contributed by atoms with E-state index in [0.717, 1.165) is 11.6 Å². The van der Waals surface area contributed by atoms with E-state index in [4.69, 9.17) is 19.1 Å². The Morgan fingerprint density at radius 2 is 1.67 bits per heavy atom. The third-order valence-corrected chi connectivity index (χ3v) is 7.19. The summed E-state index contributed by atoms with van der Waals surface area (Å²) in [5.41, 5.74) is 0.494. The lowest BCUT2D eigenvalue weighted by Gasteiger charge is -2.32. The molecular formula is C32H49BrN4O9. The van der Waals surface area contributed by atoms with Gasteiger partial charge in [0.15, 0.2) is 0 Å². The molecule has 1 aromatic carbocycles. The second kappa shape index (κ2) is 21.1. The van der Waals surface area contributed by atoms with Crippen LogP contribution in [-0.4, -0.2) is 73.5 Å². The van der Waals surface area contributed by atoms with Crippen LogP contribution in [-0.2, 0) is 39.9 Å². The van der Waals surface area contributed by atoms with Gasteiger partial charge < -0.3 is 35.8 Å². The van der Waals surface area contributed by atoms with Crippen molar-refractivity contribution in [2.24, 2.45) is 11.3 Å². The van der Waals surface area contributed by atoms with Gasteiger partial charge in [-0.1, -0.05) is 33.8 Å². The maximum Gasteiger partial charge on any atom is 0.407 e. The molecule has 0 aliphatic heterocycles. The van der Waals surface area contributed by atoms with E-state index >= 15 is 0 Å². The third-order valence-electron chi connectivity index (χ3n) is 6.60. The highest BCUT2D eigenvalue weighted by Crippen LogP contribution is 2.31. The molecule has 0 heterocycles. The normalized spacial score (nSPS) is 12.8. The van der Waals surface area contributed by atoms with Crippen LogP contribution < -0.4 is 21.3 Å². The van der Waals surface area contributed by atoms with Gasteiger partial charge >= 0.3 is 12.2 Å². The SMILES string of the molecule is COCCNC(=O)/C(Br)=C\C(=O)NCCCC(=O)Nc1cc(C[C@@H](CC(C)C(C)(C)C)NC(=O)OC(C)(C)C)ccc1O.O=C=O. The summed E-state index contributed by atoms with van der Waals surface area (Å²) in [5.74, 6) is -1.04. The molecule has 0 aromatic heterocycles. The number of phenolic OH excluding ortho intramolecular Hbond substituents is 1. The van der Waals surface area contributed by atoms with Crippen LogP contribution in [0.25, 0.3) is 0 Å². The third kappa shape index (κ3) is 19.6. The van der Waals surface area contributed by atoms with E-state index in [0.29, 0.717) is 38.3 Å². The highest BCUT2D eigenvalue weighted by molar-refractivity contribution is 9.12. The van der Waals surface area contributed by atoms with Gasteiger partial charge in [-0.05, 0) is 85.0 Å². The smallest absolute Gasteiger partial charge is 0.407 e. The molecule has 0 spiro atoms. The highest BCUT2D eigenvalue weighted by atomic mass is 79.9. The molecule has 1 unspecified atom stereocenters. The lowest BCUT2D eigenvalue weighted by atomic mass is 9.78. The molecule has 0 aliphatic rings. The lowest BCUT2D eigenvalue weighted by Crippen LogP contribution is -2.42. The van der Waals surface area contributed by atoms with Gasteiger partial charge in [-0.2, -0.15) is 9.59 Å². The number of amides is 4. The summed E-state index contributed by atoms with van der Waals surface area (Å²) >= 11 is 3.07. The Morgan fingerprint density at radius 3 is 2.24 bits per heavy atom. The van der Waals surface area contributed by atoms with Gasteiger partial charge in [0, 0.05) is 38.7 Å². The zero-order valence-corrected chi connectivity index (χ0v) is 29.6. The molecule has 1 aromatic rings.